The molecule has 71 heavy (non-hydrogen) atoms. The SMILES string of the molecule is Cc1cc(N2c3ccccc3C3(c4ccccc4-c4ccccc43)c3ccccc32)cc(C)c1Br.Cc1cc(N2c3ccccc3C3(c4ccccc4-c4ccccc43)c3ccccc32)cc(C)c1C=O. The number of carbonyl (C=O) groups excluding carboxylic acids is 1. The highest BCUT2D eigenvalue weighted by molar-refractivity contribution is 9.10. The summed E-state index contributed by atoms with van der Waals surface area (Å²) in [5.74, 6) is 0. The van der Waals surface area contributed by atoms with Crippen LogP contribution in [0.15, 0.2) is 223 Å². The van der Waals surface area contributed by atoms with Crippen molar-refractivity contribution in [3.63, 3.8) is 0 Å². The van der Waals surface area contributed by atoms with E-state index in [1.54, 1.807) is 0 Å². The van der Waals surface area contributed by atoms with Gasteiger partial charge in [0.2, 0.25) is 0 Å². The fourth-order valence-corrected chi connectivity index (χ4v) is 13.2. The molecule has 0 saturated heterocycles. The molecule has 0 saturated carbocycles. The lowest BCUT2D eigenvalue weighted by Gasteiger charge is -2.45. The summed E-state index contributed by atoms with van der Waals surface area (Å²) < 4.78 is 1.18. The molecular formula is C67H49BrN2O. The Morgan fingerprint density at radius 1 is 0.338 bits per heavy atom. The summed E-state index contributed by atoms with van der Waals surface area (Å²) in [5.41, 5.74) is 27.4. The first kappa shape index (κ1) is 43.0. The molecule has 0 amide bonds. The summed E-state index contributed by atoms with van der Waals surface area (Å²) in [6.45, 7) is 8.39. The van der Waals surface area contributed by atoms with Crippen LogP contribution in [0, 0.1) is 27.7 Å². The summed E-state index contributed by atoms with van der Waals surface area (Å²) in [7, 11) is 0. The number of hydrogen-bond acceptors (Lipinski definition) is 3. The van der Waals surface area contributed by atoms with Crippen LogP contribution in [0.5, 0.6) is 0 Å². The van der Waals surface area contributed by atoms with Gasteiger partial charge >= 0.3 is 0 Å². The quantitative estimate of drug-likeness (QED) is 0.165. The predicted octanol–water partition coefficient (Wildman–Crippen LogP) is 17.5. The van der Waals surface area contributed by atoms with E-state index in [0.29, 0.717) is 0 Å². The molecule has 340 valence electrons. The maximum absolute atomic E-state index is 11.7. The number of fused-ring (bicyclic) bond motifs is 18. The van der Waals surface area contributed by atoms with E-state index in [9.17, 15) is 4.79 Å². The molecule has 0 radical (unpaired) electrons. The van der Waals surface area contributed by atoms with Crippen LogP contribution in [-0.2, 0) is 10.8 Å². The molecule has 10 aromatic carbocycles. The molecular weight excluding hydrogens is 929 g/mol. The van der Waals surface area contributed by atoms with Crippen molar-refractivity contribution in [2.24, 2.45) is 0 Å². The Kier molecular flexibility index (Phi) is 9.85. The van der Waals surface area contributed by atoms with Gasteiger partial charge in [0.15, 0.2) is 6.29 Å². The monoisotopic (exact) mass is 976 g/mol. The number of hydrogen-bond donors (Lipinski definition) is 0. The second-order valence-electron chi connectivity index (χ2n) is 19.4. The van der Waals surface area contributed by atoms with Crippen LogP contribution >= 0.6 is 15.9 Å². The number of halogens is 1. The van der Waals surface area contributed by atoms with E-state index in [1.165, 1.54) is 111 Å². The lowest BCUT2D eigenvalue weighted by Crippen LogP contribution is -2.36. The minimum absolute atomic E-state index is 0.351. The number of rotatable bonds is 3. The number of para-hydroxylation sites is 4. The zero-order valence-electron chi connectivity index (χ0n) is 40.0. The average molecular weight is 978 g/mol. The number of benzene rings is 10. The van der Waals surface area contributed by atoms with Crippen LogP contribution in [0.25, 0.3) is 22.3 Å². The third-order valence-corrected chi connectivity index (χ3v) is 17.0. The van der Waals surface area contributed by atoms with E-state index >= 15 is 0 Å². The van der Waals surface area contributed by atoms with Gasteiger partial charge in [-0.05, 0) is 165 Å². The molecule has 2 spiro atoms. The van der Waals surface area contributed by atoms with Gasteiger partial charge in [0.05, 0.1) is 33.6 Å². The van der Waals surface area contributed by atoms with Crippen LogP contribution < -0.4 is 9.80 Å². The number of nitrogens with zero attached hydrogens (tertiary/aromatic N) is 2. The Hall–Kier alpha value is -8.05. The lowest BCUT2D eigenvalue weighted by atomic mass is 9.64. The molecule has 2 aliphatic carbocycles. The maximum Gasteiger partial charge on any atom is 0.150 e. The zero-order chi connectivity index (χ0) is 48.2. The fourth-order valence-electron chi connectivity index (χ4n) is 13.0. The highest BCUT2D eigenvalue weighted by Crippen LogP contribution is 2.65. The molecule has 0 fully saturated rings. The molecule has 0 aromatic heterocycles. The van der Waals surface area contributed by atoms with E-state index in [4.69, 9.17) is 0 Å². The lowest BCUT2D eigenvalue weighted by molar-refractivity contribution is 0.112. The van der Waals surface area contributed by atoms with Crippen molar-refractivity contribution in [1.29, 1.82) is 0 Å². The number of carbonyl (C=O) groups is 1. The molecule has 4 aliphatic rings. The van der Waals surface area contributed by atoms with E-state index in [-0.39, 0.29) is 5.41 Å². The molecule has 0 N–H and O–H groups in total. The summed E-state index contributed by atoms with van der Waals surface area (Å²) in [6, 6.07) is 80.0. The van der Waals surface area contributed by atoms with Gasteiger partial charge in [0.1, 0.15) is 0 Å². The van der Waals surface area contributed by atoms with Gasteiger partial charge in [-0.25, -0.2) is 0 Å². The molecule has 0 unspecified atom stereocenters. The van der Waals surface area contributed by atoms with E-state index < -0.39 is 5.41 Å². The highest BCUT2D eigenvalue weighted by Gasteiger charge is 2.53. The average Bonchev–Trinajstić information content (AvgIpc) is 3.87. The summed E-state index contributed by atoms with van der Waals surface area (Å²) >= 11 is 3.77. The molecule has 4 heteroatoms. The largest absolute Gasteiger partial charge is 0.310 e. The van der Waals surface area contributed by atoms with Crippen LogP contribution in [-0.4, -0.2) is 6.29 Å². The van der Waals surface area contributed by atoms with Gasteiger partial charge in [0.25, 0.3) is 0 Å². The van der Waals surface area contributed by atoms with Crippen molar-refractivity contribution in [2.75, 3.05) is 9.80 Å². The van der Waals surface area contributed by atoms with E-state index in [2.05, 4.69) is 258 Å². The second kappa shape index (κ2) is 16.3. The van der Waals surface area contributed by atoms with Crippen molar-refractivity contribution < 1.29 is 4.79 Å². The van der Waals surface area contributed by atoms with Gasteiger partial charge in [0, 0.05) is 21.4 Å². The van der Waals surface area contributed by atoms with Crippen molar-refractivity contribution in [1.82, 2.24) is 0 Å². The molecule has 0 atom stereocenters. The van der Waals surface area contributed by atoms with E-state index in [0.717, 1.165) is 28.7 Å². The number of anilines is 6. The summed E-state index contributed by atoms with van der Waals surface area (Å²) in [5, 5.41) is 0. The first-order chi connectivity index (χ1) is 34.8. The first-order valence-electron chi connectivity index (χ1n) is 24.5. The molecule has 2 aliphatic heterocycles. The summed E-state index contributed by atoms with van der Waals surface area (Å²) in [4.78, 5) is 16.5. The zero-order valence-corrected chi connectivity index (χ0v) is 41.6. The molecule has 0 bridgehead atoms. The number of aldehydes is 1. The molecule has 10 aromatic rings. The van der Waals surface area contributed by atoms with Gasteiger partial charge in [-0.15, -0.1) is 0 Å². The molecule has 3 nitrogen and oxygen atoms in total. The smallest absolute Gasteiger partial charge is 0.150 e. The van der Waals surface area contributed by atoms with Crippen LogP contribution in [0.4, 0.5) is 34.1 Å². The maximum atomic E-state index is 11.7. The Labute approximate surface area is 424 Å². The van der Waals surface area contributed by atoms with Crippen molar-refractivity contribution >= 4 is 56.3 Å². The topological polar surface area (TPSA) is 23.6 Å². The molecule has 14 rings (SSSR count). The minimum atomic E-state index is -0.399. The van der Waals surface area contributed by atoms with Gasteiger partial charge in [-0.2, -0.15) is 0 Å². The number of aryl methyl sites for hydroxylation is 4. The minimum Gasteiger partial charge on any atom is -0.310 e. The Morgan fingerprint density at radius 3 is 0.859 bits per heavy atom. The van der Waals surface area contributed by atoms with E-state index in [1.807, 2.05) is 13.8 Å². The van der Waals surface area contributed by atoms with Crippen molar-refractivity contribution in [2.45, 2.75) is 38.5 Å². The predicted molar refractivity (Wildman–Crippen MR) is 296 cm³/mol. The van der Waals surface area contributed by atoms with Crippen molar-refractivity contribution in [3.8, 4) is 22.3 Å². The van der Waals surface area contributed by atoms with Crippen LogP contribution in [0.3, 0.4) is 0 Å². The normalized spacial score (nSPS) is 14.2. The highest BCUT2D eigenvalue weighted by atomic mass is 79.9. The Bertz CT molecular complexity index is 3610. The second-order valence-corrected chi connectivity index (χ2v) is 20.2. The van der Waals surface area contributed by atoms with Crippen molar-refractivity contribution in [3.05, 3.63) is 295 Å². The van der Waals surface area contributed by atoms with Gasteiger partial charge < -0.3 is 9.80 Å². The Morgan fingerprint density at radius 2 is 0.577 bits per heavy atom. The van der Waals surface area contributed by atoms with Gasteiger partial charge in [-0.3, -0.25) is 4.79 Å². The standard InChI is InChI=1S/C34H25NO.C33H24BrN/c1-22-19-24(20-23(2)27(22)21-36)35-32-17-9-7-15-30(32)34(31-16-8-10-18-33(31)35)28-13-5-3-11-25(28)26-12-4-6-14-29(26)34;1-21-19-23(20-22(2)32(21)34)35-30-17-9-7-15-28(30)33(29-16-8-10-18-31(29)35)26-13-5-3-11-24(26)25-12-4-6-14-27(25)33/h3-21H,1-2H3;3-20H,1-2H3. The third kappa shape index (κ3) is 5.92. The Balaban J connectivity index is 0.000000139. The third-order valence-electron chi connectivity index (χ3n) is 15.7. The van der Waals surface area contributed by atoms with Crippen LogP contribution in [0.1, 0.15) is 77.1 Å². The first-order valence-corrected chi connectivity index (χ1v) is 25.3. The fraction of sp³-hybridized carbons (Fsp3) is 0.0896. The van der Waals surface area contributed by atoms with Crippen LogP contribution in [0.2, 0.25) is 0 Å². The summed E-state index contributed by atoms with van der Waals surface area (Å²) in [6.07, 6.45) is 0.966. The molecule has 2 heterocycles. The van der Waals surface area contributed by atoms with Gasteiger partial charge in [-0.1, -0.05) is 186 Å².